The minimum Gasteiger partial charge on any atom is -0.353 e. The highest BCUT2D eigenvalue weighted by molar-refractivity contribution is 5.82. The third-order valence-electron chi connectivity index (χ3n) is 3.16. The molecule has 4 nitrogen and oxygen atoms in total. The van der Waals surface area contributed by atoms with E-state index in [2.05, 4.69) is 21.7 Å². The normalized spacial score (nSPS) is 17.1. The number of aromatic nitrogens is 1. The van der Waals surface area contributed by atoms with Gasteiger partial charge in [0.15, 0.2) is 6.29 Å². The maximum atomic E-state index is 11.0. The summed E-state index contributed by atoms with van der Waals surface area (Å²) >= 11 is 0. The molecule has 17 heavy (non-hydrogen) atoms. The van der Waals surface area contributed by atoms with Gasteiger partial charge < -0.3 is 4.90 Å². The molecule has 2 heterocycles. The van der Waals surface area contributed by atoms with E-state index in [0.29, 0.717) is 5.56 Å². The number of carbonyl (C=O) groups excluding carboxylic acids is 1. The van der Waals surface area contributed by atoms with Crippen LogP contribution in [-0.2, 0) is 0 Å². The quantitative estimate of drug-likeness (QED) is 0.737. The third-order valence-corrected chi connectivity index (χ3v) is 3.16. The lowest BCUT2D eigenvalue weighted by Gasteiger charge is -2.35. The number of nitrogens with zero attached hydrogens (tertiary/aromatic N) is 3. The summed E-state index contributed by atoms with van der Waals surface area (Å²) in [6, 6.07) is 3.63. The lowest BCUT2D eigenvalue weighted by molar-refractivity contribution is 0.112. The fourth-order valence-electron chi connectivity index (χ4n) is 2.27. The van der Waals surface area contributed by atoms with Gasteiger partial charge in [-0.3, -0.25) is 9.69 Å². The van der Waals surface area contributed by atoms with E-state index in [1.165, 1.54) is 6.42 Å². The topological polar surface area (TPSA) is 36.4 Å². The molecule has 1 aromatic rings. The monoisotopic (exact) mass is 233 g/mol. The summed E-state index contributed by atoms with van der Waals surface area (Å²) in [7, 11) is 0. The number of rotatable bonds is 4. The highest BCUT2D eigenvalue weighted by Gasteiger charge is 2.18. The highest BCUT2D eigenvalue weighted by Crippen LogP contribution is 2.17. The van der Waals surface area contributed by atoms with Crippen molar-refractivity contribution < 1.29 is 4.79 Å². The molecule has 1 fully saturated rings. The Hall–Kier alpha value is -1.42. The standard InChI is InChI=1S/C13H19N3O/c1-2-6-15-7-9-16(10-8-15)13-12(11-17)4-3-5-14-13/h3-5,11H,2,6-10H2,1H3. The Morgan fingerprint density at radius 2 is 2.12 bits per heavy atom. The molecule has 0 unspecified atom stereocenters. The van der Waals surface area contributed by atoms with E-state index in [1.54, 1.807) is 12.3 Å². The van der Waals surface area contributed by atoms with E-state index in [9.17, 15) is 4.79 Å². The van der Waals surface area contributed by atoms with Crippen molar-refractivity contribution in [3.8, 4) is 0 Å². The summed E-state index contributed by atoms with van der Waals surface area (Å²) in [6.45, 7) is 7.40. The highest BCUT2D eigenvalue weighted by atomic mass is 16.1. The summed E-state index contributed by atoms with van der Waals surface area (Å²) in [5.74, 6) is 0.832. The van der Waals surface area contributed by atoms with Gasteiger partial charge in [0.1, 0.15) is 5.82 Å². The maximum Gasteiger partial charge on any atom is 0.153 e. The SMILES string of the molecule is CCCN1CCN(c2ncccc2C=O)CC1. The number of pyridine rings is 1. The first-order valence-corrected chi connectivity index (χ1v) is 6.22. The summed E-state index contributed by atoms with van der Waals surface area (Å²) in [6.07, 6.45) is 3.84. The predicted molar refractivity (Wildman–Crippen MR) is 68.6 cm³/mol. The minimum atomic E-state index is 0.691. The number of carbonyl (C=O) groups is 1. The number of anilines is 1. The molecule has 0 N–H and O–H groups in total. The predicted octanol–water partition coefficient (Wildman–Crippen LogP) is 1.43. The van der Waals surface area contributed by atoms with Crippen LogP contribution in [-0.4, -0.2) is 48.9 Å². The summed E-state index contributed by atoms with van der Waals surface area (Å²) in [5, 5.41) is 0. The van der Waals surface area contributed by atoms with Gasteiger partial charge in [-0.2, -0.15) is 0 Å². The van der Waals surface area contributed by atoms with E-state index in [-0.39, 0.29) is 0 Å². The molecule has 0 bridgehead atoms. The van der Waals surface area contributed by atoms with Crippen LogP contribution in [0.4, 0.5) is 5.82 Å². The molecule has 1 aliphatic rings. The smallest absolute Gasteiger partial charge is 0.153 e. The fraction of sp³-hybridized carbons (Fsp3) is 0.538. The van der Waals surface area contributed by atoms with E-state index >= 15 is 0 Å². The summed E-state index contributed by atoms with van der Waals surface area (Å²) in [5.41, 5.74) is 0.691. The van der Waals surface area contributed by atoms with Crippen molar-refractivity contribution >= 4 is 12.1 Å². The zero-order valence-electron chi connectivity index (χ0n) is 10.3. The molecule has 0 aromatic carbocycles. The molecule has 2 rings (SSSR count). The van der Waals surface area contributed by atoms with Gasteiger partial charge in [0, 0.05) is 32.4 Å². The van der Waals surface area contributed by atoms with Crippen LogP contribution >= 0.6 is 0 Å². The van der Waals surface area contributed by atoms with Crippen molar-refractivity contribution in [2.45, 2.75) is 13.3 Å². The minimum absolute atomic E-state index is 0.691. The van der Waals surface area contributed by atoms with Crippen LogP contribution in [0.1, 0.15) is 23.7 Å². The Bertz CT molecular complexity index is 373. The van der Waals surface area contributed by atoms with Crippen LogP contribution in [0, 0.1) is 0 Å². The molecule has 1 saturated heterocycles. The van der Waals surface area contributed by atoms with Crippen LogP contribution in [0.25, 0.3) is 0 Å². The Morgan fingerprint density at radius 3 is 2.76 bits per heavy atom. The second-order valence-electron chi connectivity index (χ2n) is 4.36. The molecule has 1 aliphatic heterocycles. The van der Waals surface area contributed by atoms with Crippen LogP contribution in [0.5, 0.6) is 0 Å². The van der Waals surface area contributed by atoms with Crippen molar-refractivity contribution in [2.75, 3.05) is 37.6 Å². The van der Waals surface area contributed by atoms with Gasteiger partial charge in [0.2, 0.25) is 0 Å². The van der Waals surface area contributed by atoms with Crippen LogP contribution in [0.2, 0.25) is 0 Å². The Balaban J connectivity index is 2.02. The fourth-order valence-corrected chi connectivity index (χ4v) is 2.27. The number of hydrogen-bond donors (Lipinski definition) is 0. The van der Waals surface area contributed by atoms with Gasteiger partial charge in [-0.05, 0) is 25.1 Å². The molecular formula is C13H19N3O. The second-order valence-corrected chi connectivity index (χ2v) is 4.36. The zero-order chi connectivity index (χ0) is 12.1. The molecule has 0 radical (unpaired) electrons. The zero-order valence-corrected chi connectivity index (χ0v) is 10.3. The average Bonchev–Trinajstić information content (AvgIpc) is 2.40. The molecule has 92 valence electrons. The number of piperazine rings is 1. The molecule has 0 aliphatic carbocycles. The van der Waals surface area contributed by atoms with Crippen LogP contribution < -0.4 is 4.90 Å². The van der Waals surface area contributed by atoms with E-state index in [0.717, 1.165) is 44.8 Å². The lowest BCUT2D eigenvalue weighted by atomic mass is 10.2. The summed E-state index contributed by atoms with van der Waals surface area (Å²) < 4.78 is 0. The first kappa shape index (κ1) is 12.0. The van der Waals surface area contributed by atoms with Gasteiger partial charge in [-0.15, -0.1) is 0 Å². The van der Waals surface area contributed by atoms with E-state index in [1.807, 2.05) is 6.07 Å². The van der Waals surface area contributed by atoms with Gasteiger partial charge in [0.05, 0.1) is 5.56 Å². The van der Waals surface area contributed by atoms with E-state index in [4.69, 9.17) is 0 Å². The molecule has 4 heteroatoms. The van der Waals surface area contributed by atoms with Crippen molar-refractivity contribution in [2.24, 2.45) is 0 Å². The van der Waals surface area contributed by atoms with Crippen molar-refractivity contribution in [3.63, 3.8) is 0 Å². The Labute approximate surface area is 102 Å². The number of aldehydes is 1. The first-order chi connectivity index (χ1) is 8.35. The van der Waals surface area contributed by atoms with Gasteiger partial charge in [-0.1, -0.05) is 6.92 Å². The van der Waals surface area contributed by atoms with Crippen LogP contribution in [0.3, 0.4) is 0 Å². The first-order valence-electron chi connectivity index (χ1n) is 6.22. The molecular weight excluding hydrogens is 214 g/mol. The van der Waals surface area contributed by atoms with Crippen molar-refractivity contribution in [1.82, 2.24) is 9.88 Å². The Kier molecular flexibility index (Phi) is 4.09. The molecule has 0 amide bonds. The summed E-state index contributed by atoms with van der Waals surface area (Å²) in [4.78, 5) is 19.9. The molecule has 0 atom stereocenters. The van der Waals surface area contributed by atoms with E-state index < -0.39 is 0 Å². The largest absolute Gasteiger partial charge is 0.353 e. The third kappa shape index (κ3) is 2.82. The molecule has 0 spiro atoms. The van der Waals surface area contributed by atoms with Crippen molar-refractivity contribution in [3.05, 3.63) is 23.9 Å². The van der Waals surface area contributed by atoms with Crippen molar-refractivity contribution in [1.29, 1.82) is 0 Å². The average molecular weight is 233 g/mol. The second kappa shape index (κ2) is 5.77. The number of hydrogen-bond acceptors (Lipinski definition) is 4. The van der Waals surface area contributed by atoms with Gasteiger partial charge in [0.25, 0.3) is 0 Å². The van der Waals surface area contributed by atoms with Crippen LogP contribution in [0.15, 0.2) is 18.3 Å². The van der Waals surface area contributed by atoms with Gasteiger partial charge >= 0.3 is 0 Å². The maximum absolute atomic E-state index is 11.0. The molecule has 1 aromatic heterocycles. The van der Waals surface area contributed by atoms with Gasteiger partial charge in [-0.25, -0.2) is 4.98 Å². The Morgan fingerprint density at radius 1 is 1.35 bits per heavy atom. The lowest BCUT2D eigenvalue weighted by Crippen LogP contribution is -2.47. The molecule has 0 saturated carbocycles.